The van der Waals surface area contributed by atoms with Crippen LogP contribution in [0.5, 0.6) is 0 Å². The van der Waals surface area contributed by atoms with E-state index >= 15 is 0 Å². The highest BCUT2D eigenvalue weighted by Gasteiger charge is 2.23. The smallest absolute Gasteiger partial charge is 0.0559 e. The van der Waals surface area contributed by atoms with Crippen LogP contribution in [0, 0.1) is 3.57 Å². The van der Waals surface area contributed by atoms with Gasteiger partial charge in [0.1, 0.15) is 0 Å². The number of thiophene rings is 1. The zero-order valence-electron chi connectivity index (χ0n) is 25.0. The Balaban J connectivity index is 1.55. The number of aromatic amines is 1. The fourth-order valence-electron chi connectivity index (χ4n) is 6.03. The van der Waals surface area contributed by atoms with Gasteiger partial charge in [-0.2, -0.15) is 0 Å². The Kier molecular flexibility index (Phi) is 7.16. The third-order valence-corrected chi connectivity index (χ3v) is 12.7. The van der Waals surface area contributed by atoms with E-state index < -0.39 is 0 Å². The molecular formula is C38H32Br2INS. The number of rotatable bonds is 2. The molecule has 0 fully saturated rings. The van der Waals surface area contributed by atoms with Crippen LogP contribution >= 0.6 is 65.8 Å². The van der Waals surface area contributed by atoms with Gasteiger partial charge in [0.05, 0.1) is 5.52 Å². The number of nitrogens with one attached hydrogen (secondary N) is 1. The van der Waals surface area contributed by atoms with E-state index in [9.17, 15) is 0 Å². The average Bonchev–Trinajstić information content (AvgIpc) is 3.51. The molecule has 43 heavy (non-hydrogen) atoms. The lowest BCUT2D eigenvalue weighted by atomic mass is 9.79. The minimum absolute atomic E-state index is 0.0675. The number of H-pyrrole nitrogens is 1. The molecule has 7 rings (SSSR count). The summed E-state index contributed by atoms with van der Waals surface area (Å²) in [7, 11) is 0. The summed E-state index contributed by atoms with van der Waals surface area (Å²) in [5, 5.41) is 5.19. The molecule has 0 aliphatic rings. The van der Waals surface area contributed by atoms with Crippen molar-refractivity contribution in [3.63, 3.8) is 0 Å². The highest BCUT2D eigenvalue weighted by atomic mass is 127. The summed E-state index contributed by atoms with van der Waals surface area (Å²) in [6.45, 7) is 13.8. The molecular weight excluding hydrogens is 789 g/mol. The van der Waals surface area contributed by atoms with Crippen LogP contribution in [0.15, 0.2) is 87.8 Å². The molecule has 0 aliphatic heterocycles. The van der Waals surface area contributed by atoms with Crippen molar-refractivity contribution in [2.24, 2.45) is 0 Å². The summed E-state index contributed by atoms with van der Waals surface area (Å²) < 4.78 is 6.03. The number of halogens is 3. The Morgan fingerprint density at radius 2 is 1.35 bits per heavy atom. The van der Waals surface area contributed by atoms with Crippen molar-refractivity contribution in [3.8, 4) is 22.3 Å². The molecule has 0 saturated heterocycles. The number of hydrogen-bond donors (Lipinski definition) is 1. The molecule has 2 heterocycles. The van der Waals surface area contributed by atoms with E-state index in [0.29, 0.717) is 0 Å². The fourth-order valence-corrected chi connectivity index (χ4v) is 9.07. The molecule has 0 bridgehead atoms. The van der Waals surface area contributed by atoms with Crippen molar-refractivity contribution in [1.82, 2.24) is 4.98 Å². The maximum atomic E-state index is 3.91. The van der Waals surface area contributed by atoms with Gasteiger partial charge in [0.25, 0.3) is 0 Å². The summed E-state index contributed by atoms with van der Waals surface area (Å²) in [6, 6.07) is 29.8. The molecule has 5 aromatic carbocycles. The standard InChI is InChI=1S/C38H32Br2INS/c1-37(2,3)22-13-21(14-23(16-22)38(4,5)6)20-11-12-25-32(15-20)42-35-27(26-18-30(40)31(41)19-29(26)39)17-28-24-9-7-8-10-33(24)43-36(28)34(25)35/h7-19,42H,1-6H3. The van der Waals surface area contributed by atoms with Crippen LogP contribution in [0.1, 0.15) is 52.7 Å². The molecule has 2 aromatic heterocycles. The lowest BCUT2D eigenvalue weighted by molar-refractivity contribution is 0.569. The minimum atomic E-state index is 0.0675. The molecule has 0 atom stereocenters. The predicted octanol–water partition coefficient (Wildman–Crippen LogP) is 13.7. The molecule has 0 saturated carbocycles. The van der Waals surface area contributed by atoms with Crippen molar-refractivity contribution >= 4 is 108 Å². The molecule has 7 aromatic rings. The topological polar surface area (TPSA) is 15.8 Å². The Hall–Kier alpha value is -2.19. The van der Waals surface area contributed by atoms with Crippen LogP contribution in [0.2, 0.25) is 0 Å². The highest BCUT2D eigenvalue weighted by Crippen LogP contribution is 2.47. The van der Waals surface area contributed by atoms with Crippen molar-refractivity contribution in [1.29, 1.82) is 0 Å². The summed E-state index contributed by atoms with van der Waals surface area (Å²) in [4.78, 5) is 3.91. The minimum Gasteiger partial charge on any atom is -0.354 e. The zero-order chi connectivity index (χ0) is 30.4. The molecule has 1 N–H and O–H groups in total. The van der Waals surface area contributed by atoms with E-state index in [-0.39, 0.29) is 10.8 Å². The Bertz CT molecular complexity index is 2210. The molecule has 1 nitrogen and oxygen atoms in total. The largest absolute Gasteiger partial charge is 0.354 e. The summed E-state index contributed by atoms with van der Waals surface area (Å²) in [6.07, 6.45) is 0. The van der Waals surface area contributed by atoms with E-state index in [1.54, 1.807) is 0 Å². The van der Waals surface area contributed by atoms with Gasteiger partial charge in [-0.25, -0.2) is 0 Å². The number of benzene rings is 5. The summed E-state index contributed by atoms with van der Waals surface area (Å²) in [5.41, 5.74) is 10.1. The zero-order valence-corrected chi connectivity index (χ0v) is 31.2. The van der Waals surface area contributed by atoms with Crippen molar-refractivity contribution in [3.05, 3.63) is 103 Å². The molecule has 0 spiro atoms. The van der Waals surface area contributed by atoms with E-state index in [1.165, 1.54) is 73.4 Å². The SMILES string of the molecule is CC(C)(C)c1cc(-c2ccc3c(c2)[nH]c2c(-c4cc(Br)c(I)cc4Br)cc4c5ccccc5sc4c23)cc(C(C)(C)C)c1. The second-order valence-corrected chi connectivity index (χ2v) is 17.5. The Morgan fingerprint density at radius 1 is 0.651 bits per heavy atom. The number of fused-ring (bicyclic) bond motifs is 7. The normalized spacial score (nSPS) is 12.8. The van der Waals surface area contributed by atoms with Crippen LogP contribution in [0.4, 0.5) is 0 Å². The van der Waals surface area contributed by atoms with Crippen LogP contribution in [-0.2, 0) is 10.8 Å². The Labute approximate surface area is 287 Å². The molecule has 0 amide bonds. The van der Waals surface area contributed by atoms with Crippen molar-refractivity contribution < 1.29 is 0 Å². The maximum Gasteiger partial charge on any atom is 0.0559 e. The highest BCUT2D eigenvalue weighted by molar-refractivity contribution is 14.1. The average molecular weight is 821 g/mol. The molecule has 0 aliphatic carbocycles. The van der Waals surface area contributed by atoms with Gasteiger partial charge in [-0.3, -0.25) is 0 Å². The first-order chi connectivity index (χ1) is 20.3. The monoisotopic (exact) mass is 819 g/mol. The van der Waals surface area contributed by atoms with Gasteiger partial charge in [-0.15, -0.1) is 11.3 Å². The first-order valence-electron chi connectivity index (χ1n) is 14.5. The van der Waals surface area contributed by atoms with Gasteiger partial charge in [0.15, 0.2) is 0 Å². The Morgan fingerprint density at radius 3 is 2.05 bits per heavy atom. The van der Waals surface area contributed by atoms with Gasteiger partial charge in [0.2, 0.25) is 0 Å². The van der Waals surface area contributed by atoms with E-state index in [1.807, 2.05) is 11.3 Å². The number of aromatic nitrogens is 1. The quantitative estimate of drug-likeness (QED) is 0.132. The first-order valence-corrected chi connectivity index (χ1v) is 18.0. The maximum absolute atomic E-state index is 3.91. The molecule has 216 valence electrons. The van der Waals surface area contributed by atoms with Gasteiger partial charge in [0, 0.05) is 54.5 Å². The third kappa shape index (κ3) is 5.08. The van der Waals surface area contributed by atoms with Crippen molar-refractivity contribution in [2.75, 3.05) is 0 Å². The van der Waals surface area contributed by atoms with Crippen molar-refractivity contribution in [2.45, 2.75) is 52.4 Å². The molecule has 0 radical (unpaired) electrons. The van der Waals surface area contributed by atoms with E-state index in [2.05, 4.69) is 180 Å². The lowest BCUT2D eigenvalue weighted by Gasteiger charge is -2.26. The third-order valence-electron chi connectivity index (χ3n) is 8.52. The van der Waals surface area contributed by atoms with Crippen LogP contribution in [0.25, 0.3) is 64.2 Å². The first kappa shape index (κ1) is 29.5. The lowest BCUT2D eigenvalue weighted by Crippen LogP contribution is -2.16. The number of hydrogen-bond acceptors (Lipinski definition) is 1. The second kappa shape index (κ2) is 10.4. The summed E-state index contributed by atoms with van der Waals surface area (Å²) in [5.74, 6) is 0. The van der Waals surface area contributed by atoms with Crippen LogP contribution < -0.4 is 0 Å². The predicted molar refractivity (Wildman–Crippen MR) is 205 cm³/mol. The molecule has 5 heteroatoms. The van der Waals surface area contributed by atoms with Gasteiger partial charge in [-0.05, 0) is 107 Å². The van der Waals surface area contributed by atoms with E-state index in [0.717, 1.165) is 14.5 Å². The van der Waals surface area contributed by atoms with Gasteiger partial charge >= 0.3 is 0 Å². The summed E-state index contributed by atoms with van der Waals surface area (Å²) >= 11 is 12.0. The fraction of sp³-hybridized carbons (Fsp3) is 0.211. The van der Waals surface area contributed by atoms with E-state index in [4.69, 9.17) is 0 Å². The van der Waals surface area contributed by atoms with Gasteiger partial charge < -0.3 is 4.98 Å². The molecule has 0 unspecified atom stereocenters. The van der Waals surface area contributed by atoms with Gasteiger partial charge in [-0.1, -0.05) is 106 Å². The second-order valence-electron chi connectivity index (χ2n) is 13.6. The van der Waals surface area contributed by atoms with Crippen LogP contribution in [0.3, 0.4) is 0 Å². The van der Waals surface area contributed by atoms with Crippen LogP contribution in [-0.4, -0.2) is 4.98 Å².